The van der Waals surface area contributed by atoms with Crippen molar-refractivity contribution in [1.29, 1.82) is 0 Å². The summed E-state index contributed by atoms with van der Waals surface area (Å²) in [6.45, 7) is 3.82. The lowest BCUT2D eigenvalue weighted by atomic mass is 10.4. The lowest BCUT2D eigenvalue weighted by Gasteiger charge is -2.12. The number of nitrogens with zero attached hydrogens (tertiary/aromatic N) is 1. The van der Waals surface area contributed by atoms with Gasteiger partial charge in [-0.15, -0.1) is 0 Å². The maximum Gasteiger partial charge on any atom is 0.238 e. The summed E-state index contributed by atoms with van der Waals surface area (Å²) in [6.07, 6.45) is 1.65. The average molecular weight is 273 g/mol. The van der Waals surface area contributed by atoms with E-state index < -0.39 is 0 Å². The van der Waals surface area contributed by atoms with Crippen LogP contribution in [0.5, 0.6) is 5.88 Å². The fraction of sp³-hybridized carbons (Fsp3) is 0.400. The van der Waals surface area contributed by atoms with Crippen LogP contribution in [0.2, 0.25) is 0 Å². The van der Waals surface area contributed by atoms with E-state index in [2.05, 4.69) is 26.2 Å². The van der Waals surface area contributed by atoms with Crippen molar-refractivity contribution in [2.75, 3.05) is 10.6 Å². The summed E-state index contributed by atoms with van der Waals surface area (Å²) in [4.78, 5) is 15.2. The number of pyridine rings is 1. The first kappa shape index (κ1) is 12.0. The van der Waals surface area contributed by atoms with Gasteiger partial charge in [-0.1, -0.05) is 15.9 Å². The number of aromatic nitrogens is 1. The lowest BCUT2D eigenvalue weighted by molar-refractivity contribution is -0.113. The number of rotatable bonds is 4. The number of nitrogens with one attached hydrogen (secondary N) is 1. The number of halogens is 1. The molecule has 0 aliphatic carbocycles. The Kier molecular flexibility index (Phi) is 4.55. The van der Waals surface area contributed by atoms with Crippen LogP contribution in [0, 0.1) is 0 Å². The van der Waals surface area contributed by atoms with E-state index in [0.29, 0.717) is 11.6 Å². The van der Waals surface area contributed by atoms with E-state index in [1.54, 1.807) is 18.3 Å². The van der Waals surface area contributed by atoms with Crippen molar-refractivity contribution in [3.8, 4) is 5.88 Å². The summed E-state index contributed by atoms with van der Waals surface area (Å²) in [5.41, 5.74) is 0.593. The van der Waals surface area contributed by atoms with Crippen molar-refractivity contribution in [2.24, 2.45) is 0 Å². The number of hydrogen-bond acceptors (Lipinski definition) is 3. The third-order valence-corrected chi connectivity index (χ3v) is 2.02. The molecule has 1 amide bonds. The van der Waals surface area contributed by atoms with E-state index in [1.807, 2.05) is 13.8 Å². The van der Waals surface area contributed by atoms with Crippen molar-refractivity contribution in [3.63, 3.8) is 0 Å². The highest BCUT2D eigenvalue weighted by molar-refractivity contribution is 9.09. The Morgan fingerprint density at radius 1 is 1.67 bits per heavy atom. The molecule has 0 aliphatic rings. The minimum Gasteiger partial charge on any atom is -0.473 e. The van der Waals surface area contributed by atoms with E-state index in [0.717, 1.165) is 0 Å². The Hall–Kier alpha value is -1.10. The van der Waals surface area contributed by atoms with Gasteiger partial charge in [0.25, 0.3) is 0 Å². The molecule has 0 spiro atoms. The Bertz CT molecular complexity index is 342. The molecule has 0 radical (unpaired) electrons. The van der Waals surface area contributed by atoms with Gasteiger partial charge < -0.3 is 10.1 Å². The summed E-state index contributed by atoms with van der Waals surface area (Å²) in [5, 5.41) is 2.95. The number of anilines is 1. The van der Waals surface area contributed by atoms with Gasteiger partial charge in [-0.05, 0) is 26.0 Å². The quantitative estimate of drug-likeness (QED) is 0.855. The van der Waals surface area contributed by atoms with Gasteiger partial charge in [0.15, 0.2) is 0 Å². The molecular formula is C10H13BrN2O2. The molecule has 0 fully saturated rings. The van der Waals surface area contributed by atoms with Gasteiger partial charge in [0, 0.05) is 6.20 Å². The zero-order valence-corrected chi connectivity index (χ0v) is 10.2. The molecule has 0 saturated carbocycles. The summed E-state index contributed by atoms with van der Waals surface area (Å²) in [7, 11) is 0. The predicted octanol–water partition coefficient (Wildman–Crippen LogP) is 2.20. The topological polar surface area (TPSA) is 51.2 Å². The minimum atomic E-state index is -0.128. The van der Waals surface area contributed by atoms with Crippen LogP contribution in [-0.2, 0) is 4.79 Å². The highest BCUT2D eigenvalue weighted by Gasteiger charge is 2.08. The van der Waals surface area contributed by atoms with Gasteiger partial charge in [0.1, 0.15) is 5.69 Å². The average Bonchev–Trinajstić information content (AvgIpc) is 2.20. The maximum absolute atomic E-state index is 11.2. The largest absolute Gasteiger partial charge is 0.473 e. The number of carbonyl (C=O) groups excluding carboxylic acids is 1. The molecule has 1 aromatic heterocycles. The van der Waals surface area contributed by atoms with Gasteiger partial charge >= 0.3 is 0 Å². The molecule has 1 aromatic rings. The number of ether oxygens (including phenoxy) is 1. The molecule has 0 aromatic carbocycles. The zero-order chi connectivity index (χ0) is 11.3. The van der Waals surface area contributed by atoms with Gasteiger partial charge in [0.05, 0.1) is 11.4 Å². The third-order valence-electron chi connectivity index (χ3n) is 1.51. The molecule has 15 heavy (non-hydrogen) atoms. The Morgan fingerprint density at radius 2 is 2.40 bits per heavy atom. The summed E-state index contributed by atoms with van der Waals surface area (Å²) >= 11 is 3.07. The molecule has 0 aliphatic heterocycles. The van der Waals surface area contributed by atoms with Gasteiger partial charge in [-0.25, -0.2) is 4.98 Å². The first-order chi connectivity index (χ1) is 7.13. The molecular weight excluding hydrogens is 260 g/mol. The van der Waals surface area contributed by atoms with E-state index in [9.17, 15) is 4.79 Å². The van der Waals surface area contributed by atoms with Gasteiger partial charge in [0.2, 0.25) is 11.8 Å². The molecule has 1 rings (SSSR count). The smallest absolute Gasteiger partial charge is 0.238 e. The first-order valence-electron chi connectivity index (χ1n) is 4.61. The van der Waals surface area contributed by atoms with Crippen LogP contribution in [0.3, 0.4) is 0 Å². The fourth-order valence-electron chi connectivity index (χ4n) is 0.987. The van der Waals surface area contributed by atoms with Crippen molar-refractivity contribution >= 4 is 27.5 Å². The molecule has 0 bridgehead atoms. The first-order valence-corrected chi connectivity index (χ1v) is 5.73. The lowest BCUT2D eigenvalue weighted by Crippen LogP contribution is -2.15. The number of amides is 1. The molecule has 0 saturated heterocycles. The molecule has 0 atom stereocenters. The second-order valence-corrected chi connectivity index (χ2v) is 3.77. The fourth-order valence-corrected chi connectivity index (χ4v) is 1.13. The summed E-state index contributed by atoms with van der Waals surface area (Å²) < 4.78 is 5.45. The van der Waals surface area contributed by atoms with Crippen LogP contribution >= 0.6 is 15.9 Å². The molecule has 1 N–H and O–H groups in total. The van der Waals surface area contributed by atoms with Crippen molar-refractivity contribution in [1.82, 2.24) is 4.98 Å². The summed E-state index contributed by atoms with van der Waals surface area (Å²) in [5.74, 6) is 0.318. The normalized spacial score (nSPS) is 10.1. The van der Waals surface area contributed by atoms with Gasteiger partial charge in [-0.3, -0.25) is 4.79 Å². The Labute approximate surface area is 97.2 Å². The second-order valence-electron chi connectivity index (χ2n) is 3.20. The van der Waals surface area contributed by atoms with Crippen LogP contribution < -0.4 is 10.1 Å². The minimum absolute atomic E-state index is 0.0273. The highest BCUT2D eigenvalue weighted by atomic mass is 79.9. The molecule has 4 nitrogen and oxygen atoms in total. The Balaban J connectivity index is 2.81. The van der Waals surface area contributed by atoms with Gasteiger partial charge in [-0.2, -0.15) is 0 Å². The second kappa shape index (κ2) is 5.70. The number of hydrogen-bond donors (Lipinski definition) is 1. The predicted molar refractivity (Wildman–Crippen MR) is 62.4 cm³/mol. The van der Waals surface area contributed by atoms with Crippen molar-refractivity contribution < 1.29 is 9.53 Å². The van der Waals surface area contributed by atoms with Crippen LogP contribution in [0.25, 0.3) is 0 Å². The van der Waals surface area contributed by atoms with E-state index in [4.69, 9.17) is 4.74 Å². The number of carbonyl (C=O) groups is 1. The Morgan fingerprint density at radius 3 is 3.00 bits per heavy atom. The van der Waals surface area contributed by atoms with E-state index >= 15 is 0 Å². The van der Waals surface area contributed by atoms with Crippen molar-refractivity contribution in [2.45, 2.75) is 20.0 Å². The molecule has 82 valence electrons. The molecule has 5 heteroatoms. The number of alkyl halides is 1. The standard InChI is InChI=1S/C10H13BrN2O2/c1-7(2)15-10-8(4-3-5-12-10)13-9(14)6-11/h3-5,7H,6H2,1-2H3,(H,13,14). The zero-order valence-electron chi connectivity index (χ0n) is 8.66. The third kappa shape index (κ3) is 3.87. The van der Waals surface area contributed by atoms with E-state index in [1.165, 1.54) is 0 Å². The monoisotopic (exact) mass is 272 g/mol. The molecule has 0 unspecified atom stereocenters. The van der Waals surface area contributed by atoms with E-state index in [-0.39, 0.29) is 17.3 Å². The van der Waals surface area contributed by atoms with Crippen LogP contribution in [0.15, 0.2) is 18.3 Å². The van der Waals surface area contributed by atoms with Crippen LogP contribution in [0.4, 0.5) is 5.69 Å². The van der Waals surface area contributed by atoms with Crippen LogP contribution in [-0.4, -0.2) is 22.3 Å². The molecule has 1 heterocycles. The van der Waals surface area contributed by atoms with Crippen LogP contribution in [0.1, 0.15) is 13.8 Å². The highest BCUT2D eigenvalue weighted by Crippen LogP contribution is 2.21. The maximum atomic E-state index is 11.2. The van der Waals surface area contributed by atoms with Crippen molar-refractivity contribution in [3.05, 3.63) is 18.3 Å². The summed E-state index contributed by atoms with van der Waals surface area (Å²) in [6, 6.07) is 3.50. The SMILES string of the molecule is CC(C)Oc1ncccc1NC(=O)CBr.